The van der Waals surface area contributed by atoms with E-state index in [1.807, 2.05) is 30.6 Å². The molecule has 48 heavy (non-hydrogen) atoms. The van der Waals surface area contributed by atoms with Gasteiger partial charge in [0.15, 0.2) is 0 Å². The zero-order valence-electron chi connectivity index (χ0n) is 27.7. The van der Waals surface area contributed by atoms with Gasteiger partial charge < -0.3 is 39.9 Å². The van der Waals surface area contributed by atoms with E-state index in [1.165, 1.54) is 17.5 Å². The third kappa shape index (κ3) is 9.15. The van der Waals surface area contributed by atoms with Crippen LogP contribution in [0.2, 0.25) is 0 Å². The highest BCUT2D eigenvalue weighted by Crippen LogP contribution is 2.53. The molecule has 0 spiro atoms. The van der Waals surface area contributed by atoms with Crippen LogP contribution < -0.4 is 4.74 Å². The van der Waals surface area contributed by atoms with E-state index in [0.717, 1.165) is 65.0 Å². The maximum absolute atomic E-state index is 12.6. The Morgan fingerprint density at radius 1 is 1.02 bits per heavy atom. The standard InChI is InChI=1S/C37H48N2O8S/c1-3-24-10-13-27(48-18-6-9-34(43)39(2)21-31(41)35(44)36(45)32(42)22-40)19-25(24)23-46-37(15-16-37)30-20-38-17-14-28(30)29-7-4-5-8-33(29)47-26-11-12-26/h4-5,7-8,10,13-14,17,19-20,26,31-32,35-36,40-42,44-45H,3,6,9,11-12,15-16,18,21-23H2,1-2H3. The minimum Gasteiger partial charge on any atom is -0.490 e. The number of aliphatic hydroxyl groups is 5. The maximum Gasteiger partial charge on any atom is 0.222 e. The molecule has 0 aliphatic heterocycles. The smallest absolute Gasteiger partial charge is 0.222 e. The molecule has 2 aliphatic rings. The Labute approximate surface area is 286 Å². The van der Waals surface area contributed by atoms with Crippen molar-refractivity contribution >= 4 is 17.7 Å². The van der Waals surface area contributed by atoms with E-state index < -0.39 is 36.6 Å². The predicted octanol–water partition coefficient (Wildman–Crippen LogP) is 3.82. The van der Waals surface area contributed by atoms with Crippen molar-refractivity contribution < 1.29 is 39.8 Å². The fraction of sp³-hybridized carbons (Fsp3) is 0.514. The van der Waals surface area contributed by atoms with Crippen molar-refractivity contribution in [2.45, 2.75) is 99.5 Å². The first-order valence-corrected chi connectivity index (χ1v) is 17.8. The molecule has 10 nitrogen and oxygen atoms in total. The largest absolute Gasteiger partial charge is 0.490 e. The highest BCUT2D eigenvalue weighted by molar-refractivity contribution is 7.99. The first-order chi connectivity index (χ1) is 23.2. The second-order valence-corrected chi connectivity index (χ2v) is 14.0. The number of aliphatic hydroxyl groups excluding tert-OH is 5. The lowest BCUT2D eigenvalue weighted by Crippen LogP contribution is -2.49. The van der Waals surface area contributed by atoms with E-state index >= 15 is 0 Å². The summed E-state index contributed by atoms with van der Waals surface area (Å²) in [6.45, 7) is 1.65. The van der Waals surface area contributed by atoms with Crippen molar-refractivity contribution in [3.63, 3.8) is 0 Å². The van der Waals surface area contributed by atoms with E-state index in [2.05, 4.69) is 42.2 Å². The number of likely N-dealkylation sites (N-methyl/N-ethyl adjacent to an activating group) is 1. The van der Waals surface area contributed by atoms with Gasteiger partial charge in [-0.1, -0.05) is 31.2 Å². The summed E-state index contributed by atoms with van der Waals surface area (Å²) in [5.74, 6) is 1.41. The van der Waals surface area contributed by atoms with Crippen molar-refractivity contribution in [3.8, 4) is 16.9 Å². The number of benzene rings is 2. The molecule has 0 radical (unpaired) electrons. The van der Waals surface area contributed by atoms with Crippen molar-refractivity contribution in [2.75, 3.05) is 26.0 Å². The highest BCUT2D eigenvalue weighted by atomic mass is 32.2. The van der Waals surface area contributed by atoms with Crippen molar-refractivity contribution in [2.24, 2.45) is 0 Å². The van der Waals surface area contributed by atoms with Crippen LogP contribution in [-0.4, -0.2) is 97.8 Å². The topological polar surface area (TPSA) is 153 Å². The monoisotopic (exact) mass is 680 g/mol. The third-order valence-electron chi connectivity index (χ3n) is 9.09. The first kappa shape index (κ1) is 36.3. The van der Waals surface area contributed by atoms with Gasteiger partial charge in [-0.15, -0.1) is 11.8 Å². The normalized spacial score (nSPS) is 17.7. The van der Waals surface area contributed by atoms with Crippen LogP contribution in [0.4, 0.5) is 0 Å². The fourth-order valence-electron chi connectivity index (χ4n) is 5.80. The second-order valence-electron chi connectivity index (χ2n) is 12.8. The molecule has 1 amide bonds. The van der Waals surface area contributed by atoms with Crippen LogP contribution in [0.1, 0.15) is 62.1 Å². The number of rotatable bonds is 19. The minimum absolute atomic E-state index is 0.208. The summed E-state index contributed by atoms with van der Waals surface area (Å²) in [5.41, 5.74) is 5.25. The number of carbonyl (C=O) groups is 1. The molecule has 2 saturated carbocycles. The molecule has 260 valence electrons. The Morgan fingerprint density at radius 2 is 1.77 bits per heavy atom. The molecule has 2 aromatic carbocycles. The zero-order chi connectivity index (χ0) is 34.3. The number of aromatic nitrogens is 1. The summed E-state index contributed by atoms with van der Waals surface area (Å²) < 4.78 is 13.0. The Morgan fingerprint density at radius 3 is 2.48 bits per heavy atom. The maximum atomic E-state index is 12.6. The lowest BCUT2D eigenvalue weighted by Gasteiger charge is -2.28. The number of thioether (sulfide) groups is 1. The summed E-state index contributed by atoms with van der Waals surface area (Å²) in [4.78, 5) is 19.5. The number of carbonyl (C=O) groups excluding carboxylic acids is 1. The molecule has 5 rings (SSSR count). The number of hydrogen-bond acceptors (Lipinski definition) is 10. The zero-order valence-corrected chi connectivity index (χ0v) is 28.5. The summed E-state index contributed by atoms with van der Waals surface area (Å²) in [6.07, 6.45) is 3.38. The number of nitrogens with zero attached hydrogens (tertiary/aromatic N) is 2. The van der Waals surface area contributed by atoms with Crippen molar-refractivity contribution in [1.29, 1.82) is 0 Å². The van der Waals surface area contributed by atoms with Gasteiger partial charge in [0.1, 0.15) is 30.2 Å². The lowest BCUT2D eigenvalue weighted by molar-refractivity contribution is -0.138. The summed E-state index contributed by atoms with van der Waals surface area (Å²) in [5, 5.41) is 48.5. The molecule has 4 unspecified atom stereocenters. The van der Waals surface area contributed by atoms with Gasteiger partial charge in [-0.2, -0.15) is 0 Å². The van der Waals surface area contributed by atoms with Gasteiger partial charge in [0.05, 0.1) is 24.9 Å². The molecule has 4 atom stereocenters. The van der Waals surface area contributed by atoms with Gasteiger partial charge in [-0.05, 0) is 85.2 Å². The summed E-state index contributed by atoms with van der Waals surface area (Å²) in [6, 6.07) is 16.7. The average Bonchev–Trinajstić information content (AvgIpc) is 4.06. The molecule has 0 saturated heterocycles. The number of pyridine rings is 1. The molecule has 0 bridgehead atoms. The van der Waals surface area contributed by atoms with Gasteiger partial charge in [-0.3, -0.25) is 9.78 Å². The molecule has 5 N–H and O–H groups in total. The summed E-state index contributed by atoms with van der Waals surface area (Å²) >= 11 is 1.67. The number of aryl methyl sites for hydroxylation is 1. The predicted molar refractivity (Wildman–Crippen MR) is 184 cm³/mol. The van der Waals surface area contributed by atoms with Crippen LogP contribution >= 0.6 is 11.8 Å². The second kappa shape index (κ2) is 16.6. The van der Waals surface area contributed by atoms with Gasteiger partial charge in [0, 0.05) is 48.4 Å². The van der Waals surface area contributed by atoms with E-state index in [9.17, 15) is 25.2 Å². The van der Waals surface area contributed by atoms with Crippen LogP contribution in [0.5, 0.6) is 5.75 Å². The molecule has 11 heteroatoms. The van der Waals surface area contributed by atoms with E-state index in [4.69, 9.17) is 14.6 Å². The van der Waals surface area contributed by atoms with Gasteiger partial charge in [0.2, 0.25) is 5.91 Å². The average molecular weight is 681 g/mol. The Balaban J connectivity index is 1.16. The number of amides is 1. The van der Waals surface area contributed by atoms with Crippen molar-refractivity contribution in [3.05, 3.63) is 77.6 Å². The van der Waals surface area contributed by atoms with Gasteiger partial charge in [-0.25, -0.2) is 0 Å². The fourth-order valence-corrected chi connectivity index (χ4v) is 6.71. The van der Waals surface area contributed by atoms with E-state index in [1.54, 1.807) is 11.8 Å². The Kier molecular flexibility index (Phi) is 12.5. The number of ether oxygens (including phenoxy) is 2. The first-order valence-electron chi connectivity index (χ1n) is 16.8. The third-order valence-corrected chi connectivity index (χ3v) is 10.2. The Hall–Kier alpha value is -3.03. The molecule has 1 heterocycles. The SMILES string of the molecule is CCc1ccc(SCCCC(=O)N(C)CC(O)C(O)C(O)C(O)CO)cc1COC1(c2cnccc2-c2ccccc2OC2CC2)CC1. The van der Waals surface area contributed by atoms with Crippen LogP contribution in [0.3, 0.4) is 0 Å². The number of hydrogen-bond donors (Lipinski definition) is 5. The van der Waals surface area contributed by atoms with Crippen molar-refractivity contribution in [1.82, 2.24) is 9.88 Å². The van der Waals surface area contributed by atoms with Crippen LogP contribution in [-0.2, 0) is 28.2 Å². The molecule has 2 fully saturated rings. The van der Waals surface area contributed by atoms with E-state index in [-0.39, 0.29) is 18.9 Å². The molecule has 2 aliphatic carbocycles. The molecular weight excluding hydrogens is 632 g/mol. The van der Waals surface area contributed by atoms with Crippen LogP contribution in [0.15, 0.2) is 65.8 Å². The molecule has 3 aromatic rings. The van der Waals surface area contributed by atoms with Crippen LogP contribution in [0.25, 0.3) is 11.1 Å². The number of para-hydroxylation sites is 1. The minimum atomic E-state index is -1.73. The molecular formula is C37H48N2O8S. The van der Waals surface area contributed by atoms with E-state index in [0.29, 0.717) is 24.9 Å². The quantitative estimate of drug-likeness (QED) is 0.0933. The summed E-state index contributed by atoms with van der Waals surface area (Å²) in [7, 11) is 1.51. The van der Waals surface area contributed by atoms with Gasteiger partial charge in [0.25, 0.3) is 0 Å². The highest BCUT2D eigenvalue weighted by Gasteiger charge is 2.48. The van der Waals surface area contributed by atoms with Gasteiger partial charge >= 0.3 is 0 Å². The Bertz CT molecular complexity index is 1510. The van der Waals surface area contributed by atoms with Crippen LogP contribution in [0, 0.1) is 0 Å². The lowest BCUT2D eigenvalue weighted by atomic mass is 9.96. The molecule has 1 aromatic heterocycles.